The van der Waals surface area contributed by atoms with Crippen LogP contribution in [0.3, 0.4) is 0 Å². The van der Waals surface area contributed by atoms with E-state index < -0.39 is 0 Å². The van der Waals surface area contributed by atoms with E-state index in [4.69, 9.17) is 5.53 Å². The van der Waals surface area contributed by atoms with Crippen LogP contribution in [-0.2, 0) is 10.8 Å². The fraction of sp³-hybridized carbons (Fsp3) is 0.400. The minimum Gasteiger partial charge on any atom is -0.367 e. The van der Waals surface area contributed by atoms with Crippen LogP contribution in [0.15, 0.2) is 89.2 Å². The maximum Gasteiger partial charge on any atom is 0.0565 e. The Morgan fingerprint density at radius 3 is 2.31 bits per heavy atom. The molecule has 0 saturated carbocycles. The van der Waals surface area contributed by atoms with E-state index in [-0.39, 0.29) is 16.9 Å². The third kappa shape index (κ3) is 4.49. The molecule has 0 N–H and O–H groups in total. The van der Waals surface area contributed by atoms with Gasteiger partial charge in [0, 0.05) is 53.5 Å². The topological polar surface area (TPSA) is 55.2 Å². The molecule has 0 saturated heterocycles. The Bertz CT molecular complexity index is 1230. The Labute approximate surface area is 210 Å². The second-order valence-corrected chi connectivity index (χ2v) is 10.7. The van der Waals surface area contributed by atoms with Gasteiger partial charge in [-0.3, -0.25) is 0 Å². The Balaban J connectivity index is 1.64. The predicted molar refractivity (Wildman–Crippen MR) is 148 cm³/mol. The zero-order valence-corrected chi connectivity index (χ0v) is 21.9. The Hall–Kier alpha value is -3.43. The zero-order valence-electron chi connectivity index (χ0n) is 21.9. The molecule has 0 radical (unpaired) electrons. The smallest absolute Gasteiger partial charge is 0.0565 e. The van der Waals surface area contributed by atoms with Crippen LogP contribution < -0.4 is 9.80 Å². The fourth-order valence-corrected chi connectivity index (χ4v) is 5.81. The van der Waals surface area contributed by atoms with Crippen LogP contribution in [0.2, 0.25) is 0 Å². The highest BCUT2D eigenvalue weighted by molar-refractivity contribution is 5.70. The molecular weight excluding hydrogens is 430 g/mol. The summed E-state index contributed by atoms with van der Waals surface area (Å²) in [4.78, 5) is 7.60. The van der Waals surface area contributed by atoms with Crippen molar-refractivity contribution in [3.63, 3.8) is 0 Å². The molecule has 0 aromatic heterocycles. The van der Waals surface area contributed by atoms with Crippen molar-refractivity contribution in [1.29, 1.82) is 0 Å². The molecule has 5 nitrogen and oxygen atoms in total. The average molecular weight is 468 g/mol. The number of likely N-dealkylation sites (N-methyl/N-ethyl adjacent to an activating group) is 2. The van der Waals surface area contributed by atoms with Gasteiger partial charge in [-0.05, 0) is 53.3 Å². The second-order valence-electron chi connectivity index (χ2n) is 10.7. The van der Waals surface area contributed by atoms with Crippen molar-refractivity contribution < 1.29 is 0 Å². The van der Waals surface area contributed by atoms with E-state index in [0.717, 1.165) is 12.8 Å². The lowest BCUT2D eigenvalue weighted by Crippen LogP contribution is -2.37. The van der Waals surface area contributed by atoms with Crippen molar-refractivity contribution in [2.45, 2.75) is 57.4 Å². The normalized spacial score (nSPS) is 21.4. The maximum atomic E-state index is 8.68. The summed E-state index contributed by atoms with van der Waals surface area (Å²) < 4.78 is 0. The van der Waals surface area contributed by atoms with Gasteiger partial charge in [-0.1, -0.05) is 87.4 Å². The zero-order chi connectivity index (χ0) is 25.2. The second kappa shape index (κ2) is 9.67. The van der Waals surface area contributed by atoms with Crippen molar-refractivity contribution in [2.24, 2.45) is 5.11 Å². The molecule has 1 unspecified atom stereocenters. The predicted octanol–water partition coefficient (Wildman–Crippen LogP) is 7.67. The molecule has 0 bridgehead atoms. The van der Waals surface area contributed by atoms with E-state index in [1.807, 2.05) is 0 Å². The first-order valence-corrected chi connectivity index (χ1v) is 12.5. The van der Waals surface area contributed by atoms with Gasteiger partial charge in [0.25, 0.3) is 0 Å². The van der Waals surface area contributed by atoms with Crippen molar-refractivity contribution in [3.05, 3.63) is 106 Å². The molecule has 2 heterocycles. The molecule has 2 aliphatic rings. The van der Waals surface area contributed by atoms with Gasteiger partial charge in [0.15, 0.2) is 0 Å². The average Bonchev–Trinajstić information content (AvgIpc) is 3.16. The number of benzene rings is 2. The Kier molecular flexibility index (Phi) is 6.82. The highest BCUT2D eigenvalue weighted by Gasteiger charge is 2.41. The minimum atomic E-state index is -0.0585. The first-order valence-electron chi connectivity index (χ1n) is 12.5. The molecule has 0 fully saturated rings. The molecule has 2 aromatic rings. The van der Waals surface area contributed by atoms with Gasteiger partial charge in [-0.2, -0.15) is 0 Å². The van der Waals surface area contributed by atoms with Gasteiger partial charge >= 0.3 is 0 Å². The summed E-state index contributed by atoms with van der Waals surface area (Å²) in [7, 11) is 4.33. The van der Waals surface area contributed by atoms with Crippen LogP contribution in [-0.4, -0.2) is 26.7 Å². The molecular formula is C30H37N5. The van der Waals surface area contributed by atoms with Crippen molar-refractivity contribution in [1.82, 2.24) is 0 Å². The number of anilines is 2. The van der Waals surface area contributed by atoms with Crippen molar-refractivity contribution in [2.75, 3.05) is 30.4 Å². The Morgan fingerprint density at radius 2 is 1.66 bits per heavy atom. The lowest BCUT2D eigenvalue weighted by molar-refractivity contribution is 0.487. The molecule has 182 valence electrons. The number of allylic oxidation sites excluding steroid dienone is 5. The van der Waals surface area contributed by atoms with Crippen LogP contribution in [0.4, 0.5) is 11.4 Å². The summed E-state index contributed by atoms with van der Waals surface area (Å²) in [5.41, 5.74) is 16.5. The van der Waals surface area contributed by atoms with Gasteiger partial charge in [0.05, 0.1) is 6.04 Å². The molecule has 0 aliphatic carbocycles. The molecule has 2 aromatic carbocycles. The first-order chi connectivity index (χ1) is 16.7. The van der Waals surface area contributed by atoms with Crippen LogP contribution >= 0.6 is 0 Å². The monoisotopic (exact) mass is 467 g/mol. The third-order valence-electron chi connectivity index (χ3n) is 7.81. The number of azide groups is 1. The minimum absolute atomic E-state index is 0.0197. The number of hydrogen-bond donors (Lipinski definition) is 0. The largest absolute Gasteiger partial charge is 0.367 e. The molecule has 2 aliphatic heterocycles. The summed E-state index contributed by atoms with van der Waals surface area (Å²) in [6, 6.07) is 17.6. The van der Waals surface area contributed by atoms with Crippen LogP contribution in [0, 0.1) is 0 Å². The van der Waals surface area contributed by atoms with Gasteiger partial charge < -0.3 is 9.80 Å². The number of nitrogens with zero attached hydrogens (tertiary/aromatic N) is 5. The molecule has 0 amide bonds. The van der Waals surface area contributed by atoms with E-state index >= 15 is 0 Å². The quantitative estimate of drug-likeness (QED) is 0.138. The number of para-hydroxylation sites is 2. The van der Waals surface area contributed by atoms with Gasteiger partial charge in [0.2, 0.25) is 0 Å². The number of rotatable bonds is 7. The third-order valence-corrected chi connectivity index (χ3v) is 7.81. The van der Waals surface area contributed by atoms with Gasteiger partial charge in [0.1, 0.15) is 0 Å². The summed E-state index contributed by atoms with van der Waals surface area (Å²) in [6.45, 7) is 9.74. The lowest BCUT2D eigenvalue weighted by atomic mass is 9.80. The lowest BCUT2D eigenvalue weighted by Gasteiger charge is -2.29. The molecule has 5 heteroatoms. The van der Waals surface area contributed by atoms with E-state index in [1.165, 1.54) is 33.8 Å². The highest BCUT2D eigenvalue weighted by atomic mass is 15.2. The summed E-state index contributed by atoms with van der Waals surface area (Å²) in [6.07, 6.45) is 10.8. The maximum absolute atomic E-state index is 8.68. The molecule has 0 spiro atoms. The molecule has 35 heavy (non-hydrogen) atoms. The molecule has 1 atom stereocenters. The fourth-order valence-electron chi connectivity index (χ4n) is 5.81. The first kappa shape index (κ1) is 24.7. The van der Waals surface area contributed by atoms with Crippen LogP contribution in [0.5, 0.6) is 0 Å². The van der Waals surface area contributed by atoms with Crippen LogP contribution in [0.25, 0.3) is 10.4 Å². The van der Waals surface area contributed by atoms with E-state index in [1.54, 1.807) is 0 Å². The van der Waals surface area contributed by atoms with Crippen molar-refractivity contribution in [3.8, 4) is 0 Å². The van der Waals surface area contributed by atoms with Crippen molar-refractivity contribution >= 4 is 11.4 Å². The van der Waals surface area contributed by atoms with Gasteiger partial charge in [-0.25, -0.2) is 0 Å². The Morgan fingerprint density at radius 1 is 1.00 bits per heavy atom. The van der Waals surface area contributed by atoms with Crippen LogP contribution in [0.1, 0.15) is 51.7 Å². The van der Waals surface area contributed by atoms with Gasteiger partial charge in [-0.15, -0.1) is 0 Å². The molecule has 4 rings (SSSR count). The summed E-state index contributed by atoms with van der Waals surface area (Å²) >= 11 is 0. The summed E-state index contributed by atoms with van der Waals surface area (Å²) in [5, 5.41) is 3.74. The van der Waals surface area contributed by atoms with E-state index in [9.17, 15) is 0 Å². The number of fused-ring (bicyclic) bond motifs is 2. The van der Waals surface area contributed by atoms with E-state index in [2.05, 4.69) is 134 Å². The standard InChI is InChI=1S/C30H37N5/c1-29(2)23-13-7-9-15-25(23)34(5)27(29)19-17-22(12-11-21-32-33-31)18-20-28-30(3,4)24-14-8-10-16-26(24)35(28)6/h7-10,13-20,27H,11-12,21H2,1-6H3/b19-17+,22-18+,28-20+. The summed E-state index contributed by atoms with van der Waals surface area (Å²) in [5.74, 6) is 0. The highest BCUT2D eigenvalue weighted by Crippen LogP contribution is 2.47. The SMILES string of the molecule is CN1/C(=C/C=C(/C=C/C2N(C)c3ccccc3C2(C)C)CCCN=[N+]=[N-])C(C)(C)c2ccccc21. The van der Waals surface area contributed by atoms with E-state index in [0.29, 0.717) is 6.54 Å². The number of hydrogen-bond acceptors (Lipinski definition) is 3.